The van der Waals surface area contributed by atoms with Gasteiger partial charge in [-0.1, -0.05) is 26.8 Å². The van der Waals surface area contributed by atoms with E-state index in [-0.39, 0.29) is 0 Å². The minimum absolute atomic E-state index is 0.514. The number of benzene rings is 1. The van der Waals surface area contributed by atoms with Crippen LogP contribution in [0.5, 0.6) is 5.75 Å². The Kier molecular flexibility index (Phi) is 5.09. The molecule has 0 spiro atoms. The van der Waals surface area contributed by atoms with E-state index in [0.29, 0.717) is 11.8 Å². The van der Waals surface area contributed by atoms with Gasteiger partial charge in [0, 0.05) is 0 Å². The van der Waals surface area contributed by atoms with Crippen LogP contribution < -0.4 is 4.74 Å². The molecule has 0 unspecified atom stereocenters. The summed E-state index contributed by atoms with van der Waals surface area (Å²) in [4.78, 5) is 2.55. The maximum absolute atomic E-state index is 5.62. The predicted octanol–water partition coefficient (Wildman–Crippen LogP) is 4.33. The van der Waals surface area contributed by atoms with E-state index in [1.165, 1.54) is 49.2 Å². The van der Waals surface area contributed by atoms with Crippen molar-refractivity contribution in [2.24, 2.45) is 0 Å². The molecule has 1 fully saturated rings. The first-order chi connectivity index (χ1) is 9.56. The Bertz CT molecular complexity index is 445. The molecule has 1 aliphatic heterocycles. The third-order valence-electron chi connectivity index (χ3n) is 4.72. The van der Waals surface area contributed by atoms with E-state index < -0.39 is 0 Å². The molecule has 1 heterocycles. The van der Waals surface area contributed by atoms with Crippen molar-refractivity contribution in [1.82, 2.24) is 4.90 Å². The molecule has 0 bridgehead atoms. The van der Waals surface area contributed by atoms with E-state index in [4.69, 9.17) is 4.74 Å². The number of ether oxygens (including phenoxy) is 1. The second-order valence-corrected chi connectivity index (χ2v) is 6.31. The van der Waals surface area contributed by atoms with E-state index in [1.807, 2.05) is 0 Å². The van der Waals surface area contributed by atoms with Gasteiger partial charge in [0.2, 0.25) is 0 Å². The van der Waals surface area contributed by atoms with Crippen LogP contribution in [0.15, 0.2) is 12.1 Å². The fourth-order valence-electron chi connectivity index (χ4n) is 3.35. The average Bonchev–Trinajstić information content (AvgIpc) is 2.47. The molecule has 1 aromatic carbocycles. The number of rotatable bonds is 4. The highest BCUT2D eigenvalue weighted by Gasteiger charge is 2.22. The molecule has 20 heavy (non-hydrogen) atoms. The van der Waals surface area contributed by atoms with Crippen molar-refractivity contribution in [1.29, 1.82) is 0 Å². The van der Waals surface area contributed by atoms with Crippen molar-refractivity contribution < 1.29 is 4.74 Å². The highest BCUT2D eigenvalue weighted by molar-refractivity contribution is 5.45. The number of hydrogen-bond acceptors (Lipinski definition) is 2. The summed E-state index contributed by atoms with van der Waals surface area (Å²) in [6.07, 6.45) is 2.55. The Morgan fingerprint density at radius 3 is 2.40 bits per heavy atom. The first kappa shape index (κ1) is 15.4. The van der Waals surface area contributed by atoms with E-state index in [0.717, 1.165) is 5.75 Å². The second kappa shape index (κ2) is 6.62. The van der Waals surface area contributed by atoms with E-state index in [2.05, 4.69) is 44.7 Å². The van der Waals surface area contributed by atoms with Crippen LogP contribution in [0.4, 0.5) is 0 Å². The molecule has 1 aromatic rings. The minimum atomic E-state index is 0.514. The van der Waals surface area contributed by atoms with Crippen LogP contribution in [-0.4, -0.2) is 31.6 Å². The number of nitrogens with zero attached hydrogens (tertiary/aromatic N) is 1. The summed E-state index contributed by atoms with van der Waals surface area (Å²) in [6, 6.07) is 4.64. The van der Waals surface area contributed by atoms with E-state index in [1.54, 1.807) is 7.11 Å². The van der Waals surface area contributed by atoms with E-state index >= 15 is 0 Å². The molecule has 0 radical (unpaired) electrons. The molecule has 0 aromatic heterocycles. The fourth-order valence-corrected chi connectivity index (χ4v) is 3.35. The normalized spacial score (nSPS) is 17.7. The van der Waals surface area contributed by atoms with Crippen LogP contribution in [0.25, 0.3) is 0 Å². The number of likely N-dealkylation sites (tertiary alicyclic amines) is 1. The van der Waals surface area contributed by atoms with Gasteiger partial charge in [-0.25, -0.2) is 0 Å². The smallest absolute Gasteiger partial charge is 0.122 e. The first-order valence-corrected chi connectivity index (χ1v) is 7.97. The zero-order valence-electron chi connectivity index (χ0n) is 13.7. The standard InChI is InChI=1S/C18H29NO/c1-6-19-9-7-15(8-10-19)17-12-18(20-5)16(13(2)3)11-14(17)4/h11-13,15H,6-10H2,1-5H3. The molecule has 1 saturated heterocycles. The Hall–Kier alpha value is -1.02. The van der Waals surface area contributed by atoms with Gasteiger partial charge < -0.3 is 9.64 Å². The van der Waals surface area contributed by atoms with Gasteiger partial charge in [0.25, 0.3) is 0 Å². The van der Waals surface area contributed by atoms with Crippen LogP contribution in [0.2, 0.25) is 0 Å². The number of methoxy groups -OCH3 is 1. The largest absolute Gasteiger partial charge is 0.496 e. The quantitative estimate of drug-likeness (QED) is 0.811. The van der Waals surface area contributed by atoms with Gasteiger partial charge in [-0.15, -0.1) is 0 Å². The average molecular weight is 275 g/mol. The molecule has 2 nitrogen and oxygen atoms in total. The summed E-state index contributed by atoms with van der Waals surface area (Å²) < 4.78 is 5.62. The Balaban J connectivity index is 2.24. The van der Waals surface area contributed by atoms with Crippen LogP contribution >= 0.6 is 0 Å². The maximum atomic E-state index is 5.62. The topological polar surface area (TPSA) is 12.5 Å². The SMILES string of the molecule is CCN1CCC(c2cc(OC)c(C(C)C)cc2C)CC1. The summed E-state index contributed by atoms with van der Waals surface area (Å²) in [5.41, 5.74) is 4.27. The van der Waals surface area contributed by atoms with Crippen molar-refractivity contribution in [3.05, 3.63) is 28.8 Å². The highest BCUT2D eigenvalue weighted by Crippen LogP contribution is 2.36. The molecular formula is C18H29NO. The predicted molar refractivity (Wildman–Crippen MR) is 85.9 cm³/mol. The molecule has 0 atom stereocenters. The molecule has 0 amide bonds. The summed E-state index contributed by atoms with van der Waals surface area (Å²) in [5.74, 6) is 2.28. The molecule has 0 aliphatic carbocycles. The minimum Gasteiger partial charge on any atom is -0.496 e. The lowest BCUT2D eigenvalue weighted by atomic mass is 9.84. The lowest BCUT2D eigenvalue weighted by molar-refractivity contribution is 0.222. The molecule has 0 N–H and O–H groups in total. The Morgan fingerprint density at radius 1 is 1.25 bits per heavy atom. The molecule has 112 valence electrons. The third kappa shape index (κ3) is 3.17. The van der Waals surface area contributed by atoms with E-state index in [9.17, 15) is 0 Å². The zero-order valence-corrected chi connectivity index (χ0v) is 13.7. The summed E-state index contributed by atoms with van der Waals surface area (Å²) in [7, 11) is 1.79. The van der Waals surface area contributed by atoms with Gasteiger partial charge in [0.15, 0.2) is 0 Å². The van der Waals surface area contributed by atoms with Crippen molar-refractivity contribution in [3.63, 3.8) is 0 Å². The summed E-state index contributed by atoms with van der Waals surface area (Å²) in [5, 5.41) is 0. The first-order valence-electron chi connectivity index (χ1n) is 7.97. The molecule has 2 heteroatoms. The molecular weight excluding hydrogens is 246 g/mol. The van der Waals surface area contributed by atoms with Crippen LogP contribution in [0, 0.1) is 6.92 Å². The van der Waals surface area contributed by atoms with Crippen LogP contribution in [-0.2, 0) is 0 Å². The second-order valence-electron chi connectivity index (χ2n) is 6.31. The molecule has 2 rings (SSSR count). The monoisotopic (exact) mass is 275 g/mol. The van der Waals surface area contributed by atoms with Gasteiger partial charge in [0.05, 0.1) is 7.11 Å². The maximum Gasteiger partial charge on any atom is 0.122 e. The lowest BCUT2D eigenvalue weighted by Crippen LogP contribution is -2.32. The van der Waals surface area contributed by atoms with Gasteiger partial charge >= 0.3 is 0 Å². The van der Waals surface area contributed by atoms with Crippen molar-refractivity contribution in [3.8, 4) is 5.75 Å². The van der Waals surface area contributed by atoms with Gasteiger partial charge in [-0.05, 0) is 74.0 Å². The van der Waals surface area contributed by atoms with Crippen LogP contribution in [0.3, 0.4) is 0 Å². The third-order valence-corrected chi connectivity index (χ3v) is 4.72. The molecule has 0 saturated carbocycles. The number of aryl methyl sites for hydroxylation is 1. The van der Waals surface area contributed by atoms with Gasteiger partial charge in [-0.2, -0.15) is 0 Å². The summed E-state index contributed by atoms with van der Waals surface area (Å²) >= 11 is 0. The number of hydrogen-bond donors (Lipinski definition) is 0. The highest BCUT2D eigenvalue weighted by atomic mass is 16.5. The fraction of sp³-hybridized carbons (Fsp3) is 0.667. The zero-order chi connectivity index (χ0) is 14.7. The Morgan fingerprint density at radius 2 is 1.90 bits per heavy atom. The van der Waals surface area contributed by atoms with Gasteiger partial charge in [-0.3, -0.25) is 0 Å². The lowest BCUT2D eigenvalue weighted by Gasteiger charge is -2.32. The van der Waals surface area contributed by atoms with Crippen molar-refractivity contribution in [2.45, 2.75) is 52.4 Å². The number of piperidine rings is 1. The molecule has 1 aliphatic rings. The Labute approximate surface area is 124 Å². The van der Waals surface area contributed by atoms with Crippen molar-refractivity contribution >= 4 is 0 Å². The van der Waals surface area contributed by atoms with Crippen molar-refractivity contribution in [2.75, 3.05) is 26.7 Å². The van der Waals surface area contributed by atoms with Crippen LogP contribution in [0.1, 0.15) is 62.1 Å². The van der Waals surface area contributed by atoms with Gasteiger partial charge in [0.1, 0.15) is 5.75 Å². The summed E-state index contributed by atoms with van der Waals surface area (Å²) in [6.45, 7) is 12.6.